The Morgan fingerprint density at radius 1 is 1.67 bits per heavy atom. The minimum Gasteiger partial charge on any atom is -0.391 e. The molecule has 3 heteroatoms. The highest BCUT2D eigenvalue weighted by molar-refractivity contribution is 7.10. The molecular formula is C9H15NOS. The van der Waals surface area contributed by atoms with Crippen LogP contribution < -0.4 is 5.73 Å². The molecule has 0 radical (unpaired) electrons. The summed E-state index contributed by atoms with van der Waals surface area (Å²) in [7, 11) is 0. The average molecular weight is 185 g/mol. The Hall–Kier alpha value is -0.380. The van der Waals surface area contributed by atoms with Crippen LogP contribution in [0.2, 0.25) is 0 Å². The minimum atomic E-state index is -0.381. The number of hydrogen-bond donors (Lipinski definition) is 2. The Morgan fingerprint density at radius 2 is 2.42 bits per heavy atom. The largest absolute Gasteiger partial charge is 0.391 e. The predicted molar refractivity (Wildman–Crippen MR) is 52.5 cm³/mol. The van der Waals surface area contributed by atoms with E-state index in [1.807, 2.05) is 0 Å². The van der Waals surface area contributed by atoms with Gasteiger partial charge in [-0.1, -0.05) is 6.92 Å². The van der Waals surface area contributed by atoms with Crippen LogP contribution in [0.5, 0.6) is 0 Å². The van der Waals surface area contributed by atoms with Crippen molar-refractivity contribution in [3.8, 4) is 0 Å². The third kappa shape index (κ3) is 2.30. The zero-order valence-electron chi connectivity index (χ0n) is 7.29. The second-order valence-corrected chi connectivity index (χ2v) is 3.82. The molecule has 0 amide bonds. The van der Waals surface area contributed by atoms with Crippen LogP contribution >= 0.6 is 11.3 Å². The van der Waals surface area contributed by atoms with Gasteiger partial charge in [-0.25, -0.2) is 0 Å². The van der Waals surface area contributed by atoms with E-state index in [0.29, 0.717) is 13.0 Å². The lowest BCUT2D eigenvalue weighted by atomic mass is 10.1. The molecule has 1 heterocycles. The van der Waals surface area contributed by atoms with Crippen LogP contribution in [0.25, 0.3) is 0 Å². The molecule has 1 atom stereocenters. The summed E-state index contributed by atoms with van der Waals surface area (Å²) in [4.78, 5) is 1.27. The summed E-state index contributed by atoms with van der Waals surface area (Å²) in [5.74, 6) is 0. The number of nitrogens with two attached hydrogens (primary N) is 1. The first-order valence-electron chi connectivity index (χ1n) is 4.21. The lowest BCUT2D eigenvalue weighted by molar-refractivity contribution is 0.184. The maximum atomic E-state index is 9.33. The Kier molecular flexibility index (Phi) is 3.72. The van der Waals surface area contributed by atoms with Gasteiger partial charge in [0, 0.05) is 17.8 Å². The number of aryl methyl sites for hydroxylation is 1. The van der Waals surface area contributed by atoms with Crippen LogP contribution in [0.1, 0.15) is 17.4 Å². The van der Waals surface area contributed by atoms with E-state index in [-0.39, 0.29) is 6.10 Å². The number of hydrogen-bond acceptors (Lipinski definition) is 3. The number of rotatable bonds is 4. The highest BCUT2D eigenvalue weighted by Gasteiger charge is 2.07. The summed E-state index contributed by atoms with van der Waals surface area (Å²) in [6.45, 7) is 2.47. The third-order valence-electron chi connectivity index (χ3n) is 1.91. The van der Waals surface area contributed by atoms with E-state index in [4.69, 9.17) is 5.73 Å². The van der Waals surface area contributed by atoms with Crippen LogP contribution in [0, 0.1) is 0 Å². The van der Waals surface area contributed by atoms with Crippen molar-refractivity contribution in [3.05, 3.63) is 21.9 Å². The van der Waals surface area contributed by atoms with E-state index in [1.165, 1.54) is 10.4 Å². The molecule has 0 spiro atoms. The predicted octanol–water partition coefficient (Wildman–Crippen LogP) is 1.17. The molecule has 1 aromatic rings. The van der Waals surface area contributed by atoms with Gasteiger partial charge in [0.1, 0.15) is 0 Å². The Bertz CT molecular complexity index is 234. The minimum absolute atomic E-state index is 0.348. The van der Waals surface area contributed by atoms with E-state index < -0.39 is 0 Å². The smallest absolute Gasteiger partial charge is 0.0710 e. The molecule has 2 nitrogen and oxygen atoms in total. The molecule has 0 aromatic carbocycles. The van der Waals surface area contributed by atoms with E-state index in [1.54, 1.807) is 11.3 Å². The van der Waals surface area contributed by atoms with E-state index >= 15 is 0 Å². The molecule has 0 aliphatic rings. The SMILES string of the molecule is CCc1ccsc1CC(O)CN. The quantitative estimate of drug-likeness (QED) is 0.739. The van der Waals surface area contributed by atoms with Gasteiger partial charge in [0.2, 0.25) is 0 Å². The lowest BCUT2D eigenvalue weighted by Gasteiger charge is -2.06. The van der Waals surface area contributed by atoms with Gasteiger partial charge in [0.25, 0.3) is 0 Å². The molecular weight excluding hydrogens is 170 g/mol. The summed E-state index contributed by atoms with van der Waals surface area (Å²) >= 11 is 1.70. The van der Waals surface area contributed by atoms with Gasteiger partial charge >= 0.3 is 0 Å². The van der Waals surface area contributed by atoms with E-state index in [9.17, 15) is 5.11 Å². The van der Waals surface area contributed by atoms with Crippen LogP contribution in [0.4, 0.5) is 0 Å². The maximum absolute atomic E-state index is 9.33. The Balaban J connectivity index is 2.61. The van der Waals surface area contributed by atoms with Crippen molar-refractivity contribution in [2.45, 2.75) is 25.9 Å². The first-order valence-corrected chi connectivity index (χ1v) is 5.09. The van der Waals surface area contributed by atoms with Crippen LogP contribution in [-0.2, 0) is 12.8 Å². The molecule has 0 saturated heterocycles. The van der Waals surface area contributed by atoms with Gasteiger partial charge < -0.3 is 10.8 Å². The summed E-state index contributed by atoms with van der Waals surface area (Å²) in [5, 5.41) is 11.4. The average Bonchev–Trinajstić information content (AvgIpc) is 2.51. The molecule has 1 unspecified atom stereocenters. The zero-order chi connectivity index (χ0) is 8.97. The van der Waals surface area contributed by atoms with Crippen molar-refractivity contribution in [2.75, 3.05) is 6.54 Å². The van der Waals surface area contributed by atoms with Crippen molar-refractivity contribution in [2.24, 2.45) is 5.73 Å². The Labute approximate surface area is 77.0 Å². The summed E-state index contributed by atoms with van der Waals surface area (Å²) in [6.07, 6.45) is 1.36. The Morgan fingerprint density at radius 3 is 3.00 bits per heavy atom. The standard InChI is InChI=1S/C9H15NOS/c1-2-7-3-4-12-9(7)5-8(11)6-10/h3-4,8,11H,2,5-6,10H2,1H3. The first-order chi connectivity index (χ1) is 5.77. The third-order valence-corrected chi connectivity index (χ3v) is 2.90. The van der Waals surface area contributed by atoms with Crippen molar-refractivity contribution in [3.63, 3.8) is 0 Å². The molecule has 12 heavy (non-hydrogen) atoms. The highest BCUT2D eigenvalue weighted by atomic mass is 32.1. The van der Waals surface area contributed by atoms with Crippen molar-refractivity contribution in [1.29, 1.82) is 0 Å². The zero-order valence-corrected chi connectivity index (χ0v) is 8.10. The normalized spacial score (nSPS) is 13.2. The van der Waals surface area contributed by atoms with Gasteiger partial charge in [-0.15, -0.1) is 11.3 Å². The fraction of sp³-hybridized carbons (Fsp3) is 0.556. The second-order valence-electron chi connectivity index (χ2n) is 2.82. The molecule has 0 bridgehead atoms. The van der Waals surface area contributed by atoms with Gasteiger partial charge in [-0.3, -0.25) is 0 Å². The van der Waals surface area contributed by atoms with Gasteiger partial charge in [-0.05, 0) is 23.4 Å². The second kappa shape index (κ2) is 4.60. The molecule has 68 valence electrons. The molecule has 0 saturated carbocycles. The molecule has 1 rings (SSSR count). The first kappa shape index (κ1) is 9.71. The number of aliphatic hydroxyl groups excluding tert-OH is 1. The molecule has 0 aliphatic carbocycles. The topological polar surface area (TPSA) is 46.2 Å². The summed E-state index contributed by atoms with van der Waals surface area (Å²) < 4.78 is 0. The summed E-state index contributed by atoms with van der Waals surface area (Å²) in [5.41, 5.74) is 6.68. The lowest BCUT2D eigenvalue weighted by Crippen LogP contribution is -2.21. The maximum Gasteiger partial charge on any atom is 0.0710 e. The van der Waals surface area contributed by atoms with Crippen LogP contribution in [-0.4, -0.2) is 17.8 Å². The van der Waals surface area contributed by atoms with Crippen LogP contribution in [0.3, 0.4) is 0 Å². The van der Waals surface area contributed by atoms with E-state index in [2.05, 4.69) is 18.4 Å². The van der Waals surface area contributed by atoms with Crippen molar-refractivity contribution >= 4 is 11.3 Å². The molecule has 0 fully saturated rings. The summed E-state index contributed by atoms with van der Waals surface area (Å²) in [6, 6.07) is 2.11. The molecule has 0 aliphatic heterocycles. The van der Waals surface area contributed by atoms with Gasteiger partial charge in [-0.2, -0.15) is 0 Å². The van der Waals surface area contributed by atoms with E-state index in [0.717, 1.165) is 6.42 Å². The van der Waals surface area contributed by atoms with Crippen molar-refractivity contribution in [1.82, 2.24) is 0 Å². The van der Waals surface area contributed by atoms with Gasteiger partial charge in [0.05, 0.1) is 6.10 Å². The fourth-order valence-electron chi connectivity index (χ4n) is 1.16. The van der Waals surface area contributed by atoms with Crippen LogP contribution in [0.15, 0.2) is 11.4 Å². The molecule has 3 N–H and O–H groups in total. The number of thiophene rings is 1. The fourth-order valence-corrected chi connectivity index (χ4v) is 2.21. The highest BCUT2D eigenvalue weighted by Crippen LogP contribution is 2.18. The van der Waals surface area contributed by atoms with Gasteiger partial charge in [0.15, 0.2) is 0 Å². The monoisotopic (exact) mass is 185 g/mol. The molecule has 1 aromatic heterocycles. The van der Waals surface area contributed by atoms with Crippen molar-refractivity contribution < 1.29 is 5.11 Å². The number of aliphatic hydroxyl groups is 1.